The zero-order valence-corrected chi connectivity index (χ0v) is 10.0. The normalized spacial score (nSPS) is 26.5. The van der Waals surface area contributed by atoms with E-state index in [4.69, 9.17) is 39.9 Å². The maximum absolute atomic E-state index is 12.9. The molecule has 0 bridgehead atoms. The number of aliphatic carboxylic acids is 1. The molecule has 16 heavy (non-hydrogen) atoms. The van der Waals surface area contributed by atoms with Gasteiger partial charge in [-0.05, 0) is 17.7 Å². The maximum atomic E-state index is 12.9. The predicted octanol–water partition coefficient (Wildman–Crippen LogP) is 3.45. The Balaban J connectivity index is 2.33. The minimum absolute atomic E-state index is 0.0716. The summed E-state index contributed by atoms with van der Waals surface area (Å²) in [6, 6.07) is 3.96. The molecule has 1 fully saturated rings. The second-order valence-electron chi connectivity index (χ2n) is 3.64. The quantitative estimate of drug-likeness (QED) is 0.844. The number of hydrogen-bond donors (Lipinski definition) is 1. The van der Waals surface area contributed by atoms with Crippen LogP contribution in [-0.4, -0.2) is 15.4 Å². The second kappa shape index (κ2) is 3.76. The third-order valence-electron chi connectivity index (χ3n) is 2.62. The Hall–Kier alpha value is -0.510. The van der Waals surface area contributed by atoms with Gasteiger partial charge >= 0.3 is 5.97 Å². The number of carbonyl (C=O) groups is 1. The van der Waals surface area contributed by atoms with Crippen molar-refractivity contribution in [1.29, 1.82) is 0 Å². The molecule has 0 amide bonds. The average Bonchev–Trinajstić information content (AvgIpc) is 2.74. The Bertz CT molecular complexity index is 461. The summed E-state index contributed by atoms with van der Waals surface area (Å²) in [5, 5.41) is 8.80. The molecule has 2 rings (SSSR count). The van der Waals surface area contributed by atoms with Crippen LogP contribution in [0.1, 0.15) is 11.5 Å². The first-order chi connectivity index (χ1) is 7.35. The van der Waals surface area contributed by atoms with Crippen LogP contribution in [0.15, 0.2) is 18.2 Å². The van der Waals surface area contributed by atoms with Crippen LogP contribution in [0.5, 0.6) is 0 Å². The lowest BCUT2D eigenvalue weighted by Gasteiger charge is -2.01. The molecule has 1 unspecified atom stereocenters. The summed E-state index contributed by atoms with van der Waals surface area (Å²) in [7, 11) is 0. The molecule has 1 saturated carbocycles. The lowest BCUT2D eigenvalue weighted by atomic mass is 10.1. The fraction of sp³-hybridized carbons (Fsp3) is 0.300. The van der Waals surface area contributed by atoms with Crippen molar-refractivity contribution in [3.63, 3.8) is 0 Å². The van der Waals surface area contributed by atoms with Crippen LogP contribution < -0.4 is 0 Å². The van der Waals surface area contributed by atoms with Crippen LogP contribution in [0.25, 0.3) is 0 Å². The second-order valence-corrected chi connectivity index (χ2v) is 5.49. The van der Waals surface area contributed by atoms with Gasteiger partial charge in [0.25, 0.3) is 0 Å². The molecule has 2 atom stereocenters. The minimum Gasteiger partial charge on any atom is -0.481 e. The summed E-state index contributed by atoms with van der Waals surface area (Å²) in [5.74, 6) is -3.06. The molecule has 0 aromatic heterocycles. The van der Waals surface area contributed by atoms with Crippen molar-refractivity contribution < 1.29 is 14.3 Å². The Morgan fingerprint density at radius 1 is 1.44 bits per heavy atom. The predicted molar refractivity (Wildman–Crippen MR) is 59.7 cm³/mol. The summed E-state index contributed by atoms with van der Waals surface area (Å²) in [5.41, 5.74) is 0.531. The van der Waals surface area contributed by atoms with Gasteiger partial charge in [-0.2, -0.15) is 0 Å². The summed E-state index contributed by atoms with van der Waals surface area (Å²) in [6.45, 7) is 0. The van der Waals surface area contributed by atoms with Crippen molar-refractivity contribution in [2.45, 2.75) is 10.3 Å². The highest BCUT2D eigenvalue weighted by molar-refractivity contribution is 6.53. The fourth-order valence-electron chi connectivity index (χ4n) is 1.75. The van der Waals surface area contributed by atoms with Crippen LogP contribution in [0.2, 0.25) is 5.02 Å². The monoisotopic (exact) mass is 282 g/mol. The third-order valence-corrected chi connectivity index (χ3v) is 3.85. The lowest BCUT2D eigenvalue weighted by molar-refractivity contribution is -0.138. The van der Waals surface area contributed by atoms with Gasteiger partial charge in [0.2, 0.25) is 0 Å². The van der Waals surface area contributed by atoms with Crippen LogP contribution in [0, 0.1) is 11.7 Å². The van der Waals surface area contributed by atoms with Gasteiger partial charge in [0.05, 0.1) is 10.9 Å². The van der Waals surface area contributed by atoms with E-state index in [1.165, 1.54) is 18.2 Å². The molecule has 0 radical (unpaired) electrons. The molecule has 1 aromatic rings. The van der Waals surface area contributed by atoms with E-state index >= 15 is 0 Å². The number of hydrogen-bond acceptors (Lipinski definition) is 1. The summed E-state index contributed by atoms with van der Waals surface area (Å²) >= 11 is 17.3. The van der Waals surface area contributed by atoms with Crippen molar-refractivity contribution in [3.8, 4) is 0 Å². The van der Waals surface area contributed by atoms with Crippen LogP contribution in [0.4, 0.5) is 4.39 Å². The molecule has 1 aliphatic rings. The van der Waals surface area contributed by atoms with Gasteiger partial charge in [-0.15, -0.1) is 0 Å². The highest BCUT2D eigenvalue weighted by atomic mass is 35.5. The van der Waals surface area contributed by atoms with E-state index in [1.807, 2.05) is 0 Å². The van der Waals surface area contributed by atoms with Crippen molar-refractivity contribution in [3.05, 3.63) is 34.6 Å². The number of carboxylic acid groups (broad SMARTS) is 1. The van der Waals surface area contributed by atoms with Gasteiger partial charge in [0.1, 0.15) is 10.2 Å². The zero-order chi connectivity index (χ0) is 12.1. The first-order valence-corrected chi connectivity index (χ1v) is 5.54. The molecule has 1 aliphatic carbocycles. The average molecular weight is 284 g/mol. The molecule has 0 aliphatic heterocycles. The summed E-state index contributed by atoms with van der Waals surface area (Å²) < 4.78 is 11.6. The molecule has 1 N–H and O–H groups in total. The maximum Gasteiger partial charge on any atom is 0.310 e. The van der Waals surface area contributed by atoms with E-state index in [0.29, 0.717) is 5.56 Å². The Kier molecular flexibility index (Phi) is 2.81. The van der Waals surface area contributed by atoms with Crippen LogP contribution >= 0.6 is 34.8 Å². The molecular weight excluding hydrogens is 277 g/mol. The number of carboxylic acids is 1. The van der Waals surface area contributed by atoms with E-state index in [1.54, 1.807) is 0 Å². The van der Waals surface area contributed by atoms with E-state index < -0.39 is 28.0 Å². The summed E-state index contributed by atoms with van der Waals surface area (Å²) in [4.78, 5) is 10.8. The number of benzene rings is 1. The van der Waals surface area contributed by atoms with Crippen molar-refractivity contribution in [2.24, 2.45) is 5.92 Å². The van der Waals surface area contributed by atoms with E-state index in [2.05, 4.69) is 0 Å². The van der Waals surface area contributed by atoms with Crippen LogP contribution in [0.3, 0.4) is 0 Å². The Morgan fingerprint density at radius 3 is 2.50 bits per heavy atom. The molecule has 0 spiro atoms. The van der Waals surface area contributed by atoms with Gasteiger partial charge < -0.3 is 5.11 Å². The zero-order valence-electron chi connectivity index (χ0n) is 7.75. The minimum atomic E-state index is -1.34. The van der Waals surface area contributed by atoms with Crippen molar-refractivity contribution >= 4 is 40.8 Å². The molecule has 0 saturated heterocycles. The van der Waals surface area contributed by atoms with Gasteiger partial charge in [-0.25, -0.2) is 4.39 Å². The van der Waals surface area contributed by atoms with E-state index in [9.17, 15) is 9.18 Å². The van der Waals surface area contributed by atoms with Crippen molar-refractivity contribution in [2.75, 3.05) is 0 Å². The number of rotatable bonds is 2. The molecule has 1 aromatic carbocycles. The molecular formula is C10H6Cl3FO2. The van der Waals surface area contributed by atoms with E-state index in [0.717, 1.165) is 0 Å². The standard InChI is InChI=1S/C10H6Cl3FO2/c11-5-3-4(1-2-6(5)14)7-8(9(15)16)10(7,12)13/h1-3,7-8H,(H,15,16)/t7?,8-/m1/s1. The van der Waals surface area contributed by atoms with E-state index in [-0.39, 0.29) is 5.02 Å². The van der Waals surface area contributed by atoms with Gasteiger partial charge in [-0.1, -0.05) is 40.9 Å². The molecule has 0 heterocycles. The Labute approximate surface area is 106 Å². The number of alkyl halides is 2. The highest BCUT2D eigenvalue weighted by Gasteiger charge is 2.68. The van der Waals surface area contributed by atoms with Crippen molar-refractivity contribution in [1.82, 2.24) is 0 Å². The Morgan fingerprint density at radius 2 is 2.06 bits per heavy atom. The topological polar surface area (TPSA) is 37.3 Å². The van der Waals surface area contributed by atoms with Gasteiger partial charge in [0.15, 0.2) is 0 Å². The molecule has 6 heteroatoms. The van der Waals surface area contributed by atoms with Gasteiger partial charge in [0, 0.05) is 5.92 Å². The smallest absolute Gasteiger partial charge is 0.310 e. The molecule has 86 valence electrons. The first-order valence-electron chi connectivity index (χ1n) is 4.41. The SMILES string of the molecule is O=C(O)[C@H]1C(c2ccc(F)c(Cl)c2)C1(Cl)Cl. The highest BCUT2D eigenvalue weighted by Crippen LogP contribution is 2.65. The van der Waals surface area contributed by atoms with Crippen LogP contribution in [-0.2, 0) is 4.79 Å². The molecule has 2 nitrogen and oxygen atoms in total. The number of halogens is 4. The fourth-order valence-corrected chi connectivity index (χ4v) is 2.76. The first kappa shape index (κ1) is 12.0. The largest absolute Gasteiger partial charge is 0.481 e. The lowest BCUT2D eigenvalue weighted by Crippen LogP contribution is -2.03. The van der Waals surface area contributed by atoms with Gasteiger partial charge in [-0.3, -0.25) is 4.79 Å². The third kappa shape index (κ3) is 1.77. The summed E-state index contributed by atoms with van der Waals surface area (Å²) in [6.07, 6.45) is 0.